The van der Waals surface area contributed by atoms with Gasteiger partial charge < -0.3 is 0 Å². The molecule has 0 saturated heterocycles. The van der Waals surface area contributed by atoms with Gasteiger partial charge in [-0.2, -0.15) is 0 Å². The third-order valence-corrected chi connectivity index (χ3v) is 16.2. The fourth-order valence-corrected chi connectivity index (χ4v) is 15.4. The zero-order chi connectivity index (χ0) is 12.4. The summed E-state index contributed by atoms with van der Waals surface area (Å²) < 4.78 is 4.87. The predicted molar refractivity (Wildman–Crippen MR) is 77.1 cm³/mol. The SMILES string of the molecule is CC(C)[CH2][SnH]([CH2]C(C)C)[CH2]C(C)C.[CH2]C. The van der Waals surface area contributed by atoms with Crippen molar-refractivity contribution in [2.75, 3.05) is 0 Å². The Morgan fingerprint density at radius 2 is 0.867 bits per heavy atom. The van der Waals surface area contributed by atoms with Crippen LogP contribution in [0.2, 0.25) is 13.3 Å². The van der Waals surface area contributed by atoms with Gasteiger partial charge in [0.1, 0.15) is 0 Å². The second kappa shape index (κ2) is 11.3. The van der Waals surface area contributed by atoms with Crippen molar-refractivity contribution >= 4 is 19.8 Å². The summed E-state index contributed by atoms with van der Waals surface area (Å²) in [6, 6.07) is 0. The van der Waals surface area contributed by atoms with E-state index in [4.69, 9.17) is 0 Å². The molecule has 1 heteroatoms. The first-order chi connectivity index (χ1) is 6.91. The van der Waals surface area contributed by atoms with Gasteiger partial charge >= 0.3 is 92.4 Å². The van der Waals surface area contributed by atoms with Gasteiger partial charge in [-0.25, -0.2) is 0 Å². The third kappa shape index (κ3) is 14.8. The Hall–Kier alpha value is 0.799. The topological polar surface area (TPSA) is 0 Å². The summed E-state index contributed by atoms with van der Waals surface area (Å²) in [5.41, 5.74) is 0. The molecule has 0 aliphatic heterocycles. The molecule has 0 rings (SSSR count). The molecule has 0 aromatic rings. The quantitative estimate of drug-likeness (QED) is 0.603. The molecular weight excluding hydrogens is 287 g/mol. The van der Waals surface area contributed by atoms with E-state index in [0.29, 0.717) is 0 Å². The zero-order valence-electron chi connectivity index (χ0n) is 12.1. The summed E-state index contributed by atoms with van der Waals surface area (Å²) in [6.45, 7) is 19.4. The van der Waals surface area contributed by atoms with Crippen LogP contribution in [-0.2, 0) is 0 Å². The van der Waals surface area contributed by atoms with Crippen molar-refractivity contribution in [1.82, 2.24) is 0 Å². The minimum absolute atomic E-state index is 0.957. The monoisotopic (exact) mass is 321 g/mol. The fourth-order valence-electron chi connectivity index (χ4n) is 2.29. The molecule has 0 fully saturated rings. The van der Waals surface area contributed by atoms with E-state index in [1.807, 2.05) is 0 Å². The van der Waals surface area contributed by atoms with Gasteiger partial charge in [0.05, 0.1) is 0 Å². The number of hydrogen-bond donors (Lipinski definition) is 0. The van der Waals surface area contributed by atoms with Crippen LogP contribution in [0.15, 0.2) is 0 Å². The average molecular weight is 320 g/mol. The molecule has 0 amide bonds. The first kappa shape index (κ1) is 18.2. The van der Waals surface area contributed by atoms with Gasteiger partial charge in [-0.3, -0.25) is 0 Å². The van der Waals surface area contributed by atoms with Crippen LogP contribution < -0.4 is 0 Å². The van der Waals surface area contributed by atoms with Gasteiger partial charge in [0.15, 0.2) is 0 Å². The van der Waals surface area contributed by atoms with Crippen molar-refractivity contribution in [1.29, 1.82) is 0 Å². The van der Waals surface area contributed by atoms with E-state index in [9.17, 15) is 0 Å². The van der Waals surface area contributed by atoms with Gasteiger partial charge in [0, 0.05) is 0 Å². The van der Waals surface area contributed by atoms with Crippen molar-refractivity contribution in [3.8, 4) is 0 Å². The number of rotatable bonds is 6. The Morgan fingerprint density at radius 1 is 0.667 bits per heavy atom. The fraction of sp³-hybridized carbons (Fsp3) is 0.929. The van der Waals surface area contributed by atoms with E-state index < -0.39 is 19.8 Å². The first-order valence-electron chi connectivity index (χ1n) is 6.62. The Bertz CT molecular complexity index is 92.7. The van der Waals surface area contributed by atoms with Crippen LogP contribution in [0.4, 0.5) is 0 Å². The smallest absolute Gasteiger partial charge is 0.0564 e. The molecule has 15 heavy (non-hydrogen) atoms. The van der Waals surface area contributed by atoms with Crippen LogP contribution >= 0.6 is 0 Å². The molecule has 0 spiro atoms. The molecule has 0 aliphatic carbocycles. The van der Waals surface area contributed by atoms with E-state index in [1.165, 1.54) is 0 Å². The summed E-state index contributed by atoms with van der Waals surface area (Å²) in [5, 5.41) is 0. The molecule has 1 radical (unpaired) electrons. The maximum Gasteiger partial charge on any atom is -0.0564 e. The van der Waals surface area contributed by atoms with Crippen molar-refractivity contribution in [3.05, 3.63) is 6.92 Å². The molecule has 0 heterocycles. The van der Waals surface area contributed by atoms with Crippen molar-refractivity contribution in [3.63, 3.8) is 0 Å². The third-order valence-electron chi connectivity index (χ3n) is 2.41. The Labute approximate surface area is 106 Å². The molecule has 0 unspecified atom stereocenters. The second-order valence-electron chi connectivity index (χ2n) is 5.75. The maximum absolute atomic E-state index is 3.25. The van der Waals surface area contributed by atoms with E-state index in [1.54, 1.807) is 20.2 Å². The number of hydrogen-bond acceptors (Lipinski definition) is 0. The molecule has 0 N–H and O–H groups in total. The summed E-state index contributed by atoms with van der Waals surface area (Å²) in [5.74, 6) is 2.87. The molecule has 0 bridgehead atoms. The second-order valence-corrected chi connectivity index (χ2v) is 14.7. The first-order valence-corrected chi connectivity index (χ1v) is 13.6. The van der Waals surface area contributed by atoms with Crippen LogP contribution in [-0.4, -0.2) is 19.8 Å². The summed E-state index contributed by atoms with van der Waals surface area (Å²) >= 11 is -1.11. The molecular formula is C14H33Sn. The van der Waals surface area contributed by atoms with Crippen molar-refractivity contribution in [2.45, 2.75) is 61.8 Å². The van der Waals surface area contributed by atoms with Crippen LogP contribution in [0, 0.1) is 24.7 Å². The van der Waals surface area contributed by atoms with Gasteiger partial charge in [-0.05, 0) is 0 Å². The van der Waals surface area contributed by atoms with E-state index in [2.05, 4.69) is 48.5 Å². The van der Waals surface area contributed by atoms with Crippen LogP contribution in [0.3, 0.4) is 0 Å². The summed E-state index contributed by atoms with van der Waals surface area (Å²) in [6.07, 6.45) is 0. The largest absolute Gasteiger partial charge is 0.0654 e. The Balaban J connectivity index is 0. The molecule has 0 aliphatic rings. The molecule has 0 aromatic heterocycles. The molecule has 93 valence electrons. The van der Waals surface area contributed by atoms with E-state index in [0.717, 1.165) is 17.8 Å². The van der Waals surface area contributed by atoms with Crippen LogP contribution in [0.1, 0.15) is 48.5 Å². The van der Waals surface area contributed by atoms with Gasteiger partial charge in [-0.15, -0.1) is 0 Å². The minimum atomic E-state index is -1.11. The van der Waals surface area contributed by atoms with Crippen molar-refractivity contribution in [2.24, 2.45) is 17.8 Å². The minimum Gasteiger partial charge on any atom is -0.0654 e. The van der Waals surface area contributed by atoms with Crippen molar-refractivity contribution < 1.29 is 0 Å². The summed E-state index contributed by atoms with van der Waals surface area (Å²) in [4.78, 5) is 0. The molecule has 0 nitrogen and oxygen atoms in total. The van der Waals surface area contributed by atoms with Gasteiger partial charge in [-0.1, -0.05) is 13.8 Å². The van der Waals surface area contributed by atoms with Crippen LogP contribution in [0.25, 0.3) is 0 Å². The van der Waals surface area contributed by atoms with E-state index >= 15 is 0 Å². The summed E-state index contributed by atoms with van der Waals surface area (Å²) in [7, 11) is 0. The standard InChI is InChI=1S/3C4H9.C2H5.Sn.H/c3*1-4(2)3;1-2;;/h3*4H,1H2,2-3H3;1H2,2H3;;. The Morgan fingerprint density at radius 3 is 1.00 bits per heavy atom. The zero-order valence-corrected chi connectivity index (χ0v) is 15.4. The van der Waals surface area contributed by atoms with E-state index in [-0.39, 0.29) is 0 Å². The van der Waals surface area contributed by atoms with Gasteiger partial charge in [0.2, 0.25) is 0 Å². The van der Waals surface area contributed by atoms with Crippen LogP contribution in [0.5, 0.6) is 0 Å². The Kier molecular flexibility index (Phi) is 13.7. The predicted octanol–water partition coefficient (Wildman–Crippen LogP) is 5.02. The van der Waals surface area contributed by atoms with Gasteiger partial charge in [0.25, 0.3) is 0 Å². The molecule has 0 aromatic carbocycles. The molecule has 0 atom stereocenters. The normalized spacial score (nSPS) is 11.2. The molecule has 0 saturated carbocycles. The maximum atomic E-state index is 3.25. The average Bonchev–Trinajstić information content (AvgIpc) is 2.03.